The van der Waals surface area contributed by atoms with Crippen LogP contribution in [0.5, 0.6) is 0 Å². The molecule has 0 fully saturated rings. The molecule has 0 saturated carbocycles. The molecule has 0 spiro atoms. The summed E-state index contributed by atoms with van der Waals surface area (Å²) in [5, 5.41) is 11.0. The van der Waals surface area contributed by atoms with E-state index in [-0.39, 0.29) is 5.97 Å². The van der Waals surface area contributed by atoms with Gasteiger partial charge in [-0.25, -0.2) is 0 Å². The van der Waals surface area contributed by atoms with Crippen LogP contribution in [0.2, 0.25) is 0 Å². The second kappa shape index (κ2) is 6.40. The molecule has 2 atom stereocenters. The molecule has 1 aromatic rings. The van der Waals surface area contributed by atoms with Crippen LogP contribution in [0.15, 0.2) is 30.3 Å². The maximum Gasteiger partial charge on any atom is 0.312 e. The van der Waals surface area contributed by atoms with Crippen LogP contribution in [0.25, 0.3) is 0 Å². The number of ether oxygens (including phenoxy) is 1. The number of carbonyl (C=O) groups excluding carboxylic acids is 1. The van der Waals surface area contributed by atoms with Gasteiger partial charge in [0.1, 0.15) is 11.2 Å². The lowest BCUT2D eigenvalue weighted by Crippen LogP contribution is -2.41. The van der Waals surface area contributed by atoms with Gasteiger partial charge in [-0.3, -0.25) is 4.79 Å². The van der Waals surface area contributed by atoms with Crippen molar-refractivity contribution in [3.63, 3.8) is 0 Å². The van der Waals surface area contributed by atoms with Gasteiger partial charge in [-0.15, -0.1) is 0 Å². The predicted octanol–water partition coefficient (Wildman–Crippen LogP) is 3.65. The maximum atomic E-state index is 12.3. The maximum absolute atomic E-state index is 12.3. The quantitative estimate of drug-likeness (QED) is 0.836. The van der Waals surface area contributed by atoms with Crippen molar-refractivity contribution in [2.24, 2.45) is 5.92 Å². The zero-order valence-corrected chi connectivity index (χ0v) is 13.1. The molecule has 3 heteroatoms. The average molecular weight is 278 g/mol. The number of aliphatic hydroxyl groups is 1. The smallest absolute Gasteiger partial charge is 0.312 e. The Hall–Kier alpha value is -1.35. The Morgan fingerprint density at radius 1 is 1.25 bits per heavy atom. The summed E-state index contributed by atoms with van der Waals surface area (Å²) in [6.07, 6.45) is 1.32. The fourth-order valence-electron chi connectivity index (χ4n) is 2.30. The molecule has 0 radical (unpaired) electrons. The molecule has 0 heterocycles. The molecular formula is C17H26O3. The largest absolute Gasteiger partial charge is 0.460 e. The van der Waals surface area contributed by atoms with E-state index in [0.717, 1.165) is 12.0 Å². The van der Waals surface area contributed by atoms with Crippen molar-refractivity contribution in [3.8, 4) is 0 Å². The molecule has 0 bridgehead atoms. The van der Waals surface area contributed by atoms with Gasteiger partial charge in [0.25, 0.3) is 0 Å². The molecule has 1 aromatic carbocycles. The van der Waals surface area contributed by atoms with Gasteiger partial charge >= 0.3 is 5.97 Å². The van der Waals surface area contributed by atoms with Gasteiger partial charge in [-0.2, -0.15) is 0 Å². The van der Waals surface area contributed by atoms with Crippen molar-refractivity contribution < 1.29 is 14.6 Å². The van der Waals surface area contributed by atoms with E-state index in [1.807, 2.05) is 58.0 Å². The molecule has 3 nitrogen and oxygen atoms in total. The summed E-state index contributed by atoms with van der Waals surface area (Å²) in [6, 6.07) is 9.36. The van der Waals surface area contributed by atoms with Gasteiger partial charge in [0.2, 0.25) is 0 Å². The molecule has 0 aliphatic heterocycles. The van der Waals surface area contributed by atoms with Crippen LogP contribution in [0.1, 0.15) is 53.0 Å². The summed E-state index contributed by atoms with van der Waals surface area (Å²) in [5.41, 5.74) is -0.965. The zero-order valence-electron chi connectivity index (χ0n) is 13.1. The van der Waals surface area contributed by atoms with Gasteiger partial charge < -0.3 is 9.84 Å². The molecule has 0 saturated heterocycles. The van der Waals surface area contributed by atoms with Crippen LogP contribution in [-0.4, -0.2) is 16.7 Å². The second-order valence-corrected chi connectivity index (χ2v) is 6.30. The number of rotatable bonds is 5. The Morgan fingerprint density at radius 2 is 1.80 bits per heavy atom. The summed E-state index contributed by atoms with van der Waals surface area (Å²) < 4.78 is 5.41. The van der Waals surface area contributed by atoms with Crippen molar-refractivity contribution in [2.45, 2.75) is 58.7 Å². The monoisotopic (exact) mass is 278 g/mol. The molecule has 112 valence electrons. The van der Waals surface area contributed by atoms with E-state index in [9.17, 15) is 9.90 Å². The Bertz CT molecular complexity index is 433. The predicted molar refractivity (Wildman–Crippen MR) is 80.3 cm³/mol. The number of hydrogen-bond acceptors (Lipinski definition) is 3. The van der Waals surface area contributed by atoms with E-state index in [0.29, 0.717) is 6.42 Å². The molecular weight excluding hydrogens is 252 g/mol. The summed E-state index contributed by atoms with van der Waals surface area (Å²) in [6.45, 7) is 9.23. The van der Waals surface area contributed by atoms with Crippen LogP contribution in [-0.2, 0) is 15.1 Å². The fourth-order valence-corrected chi connectivity index (χ4v) is 2.30. The number of hydrogen-bond donors (Lipinski definition) is 1. The van der Waals surface area contributed by atoms with Crippen LogP contribution < -0.4 is 0 Å². The summed E-state index contributed by atoms with van der Waals surface area (Å²) >= 11 is 0. The van der Waals surface area contributed by atoms with E-state index in [4.69, 9.17) is 4.74 Å². The van der Waals surface area contributed by atoms with E-state index >= 15 is 0 Å². The number of benzene rings is 1. The summed E-state index contributed by atoms with van der Waals surface area (Å²) in [4.78, 5) is 12.3. The highest BCUT2D eigenvalue weighted by atomic mass is 16.6. The Kier molecular flexibility index (Phi) is 5.35. The molecule has 0 aliphatic rings. The van der Waals surface area contributed by atoms with Gasteiger partial charge in [-0.05, 0) is 39.7 Å². The lowest BCUT2D eigenvalue weighted by molar-refractivity contribution is -0.170. The Balaban J connectivity index is 3.04. The third kappa shape index (κ3) is 4.07. The first-order chi connectivity index (χ1) is 9.20. The third-order valence-corrected chi connectivity index (χ3v) is 3.38. The van der Waals surface area contributed by atoms with Gasteiger partial charge in [-0.1, -0.05) is 43.7 Å². The van der Waals surface area contributed by atoms with E-state index in [1.165, 1.54) is 0 Å². The standard InChI is InChI=1S/C17H26O3/c1-6-12-17(19,14-10-8-7-9-11-14)13(2)15(18)20-16(3,4)5/h7-11,13,19H,6,12H2,1-5H3. The van der Waals surface area contributed by atoms with Crippen molar-refractivity contribution >= 4 is 5.97 Å². The van der Waals surface area contributed by atoms with E-state index in [1.54, 1.807) is 6.92 Å². The highest BCUT2D eigenvalue weighted by Gasteiger charge is 2.41. The van der Waals surface area contributed by atoms with Gasteiger partial charge in [0.05, 0.1) is 5.92 Å². The molecule has 0 aromatic heterocycles. The first-order valence-corrected chi connectivity index (χ1v) is 7.21. The molecule has 0 aliphatic carbocycles. The fraction of sp³-hybridized carbons (Fsp3) is 0.588. The number of carbonyl (C=O) groups is 1. The molecule has 0 amide bonds. The van der Waals surface area contributed by atoms with E-state index in [2.05, 4.69) is 0 Å². The minimum atomic E-state index is -1.18. The lowest BCUT2D eigenvalue weighted by atomic mass is 9.79. The molecule has 1 rings (SSSR count). The molecule has 2 unspecified atom stereocenters. The number of esters is 1. The van der Waals surface area contributed by atoms with Crippen LogP contribution in [0, 0.1) is 5.92 Å². The minimum absolute atomic E-state index is 0.364. The first-order valence-electron chi connectivity index (χ1n) is 7.21. The Labute approximate surface area is 122 Å². The van der Waals surface area contributed by atoms with Crippen molar-refractivity contribution in [2.75, 3.05) is 0 Å². The molecule has 20 heavy (non-hydrogen) atoms. The normalized spacial score (nSPS) is 16.3. The highest BCUT2D eigenvalue weighted by molar-refractivity contribution is 5.74. The average Bonchev–Trinajstić information content (AvgIpc) is 2.37. The van der Waals surface area contributed by atoms with Crippen molar-refractivity contribution in [1.82, 2.24) is 0 Å². The van der Waals surface area contributed by atoms with Crippen LogP contribution >= 0.6 is 0 Å². The summed E-state index contributed by atoms with van der Waals surface area (Å²) in [7, 11) is 0. The van der Waals surface area contributed by atoms with Crippen LogP contribution in [0.3, 0.4) is 0 Å². The first kappa shape index (κ1) is 16.7. The second-order valence-electron chi connectivity index (χ2n) is 6.30. The minimum Gasteiger partial charge on any atom is -0.460 e. The van der Waals surface area contributed by atoms with Gasteiger partial charge in [0, 0.05) is 0 Å². The Morgan fingerprint density at radius 3 is 2.25 bits per heavy atom. The highest BCUT2D eigenvalue weighted by Crippen LogP contribution is 2.35. The summed E-state index contributed by atoms with van der Waals surface area (Å²) in [5.74, 6) is -0.971. The lowest BCUT2D eigenvalue weighted by Gasteiger charge is -2.34. The molecule has 1 N–H and O–H groups in total. The van der Waals surface area contributed by atoms with Gasteiger partial charge in [0.15, 0.2) is 0 Å². The SMILES string of the molecule is CCCC(O)(c1ccccc1)C(C)C(=O)OC(C)(C)C. The van der Waals surface area contributed by atoms with Crippen molar-refractivity contribution in [3.05, 3.63) is 35.9 Å². The van der Waals surface area contributed by atoms with E-state index < -0.39 is 17.1 Å². The topological polar surface area (TPSA) is 46.5 Å². The van der Waals surface area contributed by atoms with Crippen molar-refractivity contribution in [1.29, 1.82) is 0 Å². The zero-order chi connectivity index (χ0) is 15.4. The third-order valence-electron chi connectivity index (χ3n) is 3.38. The van der Waals surface area contributed by atoms with Crippen LogP contribution in [0.4, 0.5) is 0 Å².